The molecule has 0 spiro atoms. The summed E-state index contributed by atoms with van der Waals surface area (Å²) in [6.07, 6.45) is 2.14. The minimum atomic E-state index is 0.411. The van der Waals surface area contributed by atoms with Gasteiger partial charge in [0.1, 0.15) is 5.82 Å². The Labute approximate surface area is 116 Å². The summed E-state index contributed by atoms with van der Waals surface area (Å²) in [6.45, 7) is 9.98. The summed E-state index contributed by atoms with van der Waals surface area (Å²) in [5.74, 6) is 1.18. The summed E-state index contributed by atoms with van der Waals surface area (Å²) in [7, 11) is 0. The highest BCUT2D eigenvalue weighted by Crippen LogP contribution is 2.23. The third-order valence-corrected chi connectivity index (χ3v) is 3.83. The van der Waals surface area contributed by atoms with Crippen LogP contribution in [0, 0.1) is 0 Å². The van der Waals surface area contributed by atoms with Crippen molar-refractivity contribution in [2.24, 2.45) is 0 Å². The van der Waals surface area contributed by atoms with Crippen LogP contribution in [-0.4, -0.2) is 22.1 Å². The molecule has 0 radical (unpaired) electrons. The molecular weight excluding hydrogens is 234 g/mol. The standard InChI is InChI=1S/C16H25N3/c1-5-11-17-12(3)13(4)19-15-10-8-7-9-14(15)18-16(19)6-2/h7-10,12-13,17H,5-6,11H2,1-4H3. The van der Waals surface area contributed by atoms with E-state index in [0.717, 1.165) is 18.5 Å². The molecule has 0 saturated heterocycles. The fraction of sp³-hybridized carbons (Fsp3) is 0.562. The van der Waals surface area contributed by atoms with Crippen LogP contribution in [0.25, 0.3) is 11.0 Å². The van der Waals surface area contributed by atoms with E-state index in [0.29, 0.717) is 12.1 Å². The third kappa shape index (κ3) is 2.81. The maximum absolute atomic E-state index is 4.75. The molecule has 1 N–H and O–H groups in total. The number of aromatic nitrogens is 2. The Balaban J connectivity index is 2.36. The van der Waals surface area contributed by atoms with Gasteiger partial charge in [-0.3, -0.25) is 0 Å². The first kappa shape index (κ1) is 14.1. The van der Waals surface area contributed by atoms with Crippen LogP contribution in [0.1, 0.15) is 46.0 Å². The summed E-state index contributed by atoms with van der Waals surface area (Å²) < 4.78 is 2.39. The predicted molar refractivity (Wildman–Crippen MR) is 81.6 cm³/mol. The third-order valence-electron chi connectivity index (χ3n) is 3.83. The zero-order chi connectivity index (χ0) is 13.8. The molecular formula is C16H25N3. The summed E-state index contributed by atoms with van der Waals surface area (Å²) in [4.78, 5) is 4.75. The second-order valence-electron chi connectivity index (χ2n) is 5.22. The molecule has 2 atom stereocenters. The Morgan fingerprint density at radius 3 is 2.63 bits per heavy atom. The molecule has 0 aliphatic rings. The Bertz CT molecular complexity index is 530. The van der Waals surface area contributed by atoms with Crippen LogP contribution in [-0.2, 0) is 6.42 Å². The molecule has 3 heteroatoms. The molecule has 19 heavy (non-hydrogen) atoms. The van der Waals surface area contributed by atoms with Crippen molar-refractivity contribution in [3.63, 3.8) is 0 Å². The average Bonchev–Trinajstić information content (AvgIpc) is 2.82. The van der Waals surface area contributed by atoms with E-state index < -0.39 is 0 Å². The Morgan fingerprint density at radius 1 is 1.21 bits per heavy atom. The van der Waals surface area contributed by atoms with E-state index in [1.165, 1.54) is 17.8 Å². The Kier molecular flexibility index (Phi) is 4.59. The quantitative estimate of drug-likeness (QED) is 0.860. The fourth-order valence-corrected chi connectivity index (χ4v) is 2.56. The lowest BCUT2D eigenvalue weighted by atomic mass is 10.1. The summed E-state index contributed by atoms with van der Waals surface area (Å²) in [5, 5.41) is 3.59. The second-order valence-corrected chi connectivity index (χ2v) is 5.22. The lowest BCUT2D eigenvalue weighted by Gasteiger charge is -2.25. The molecule has 2 rings (SSSR count). The van der Waals surface area contributed by atoms with Crippen molar-refractivity contribution in [2.45, 2.75) is 52.6 Å². The number of para-hydroxylation sites is 2. The number of aryl methyl sites for hydroxylation is 1. The number of hydrogen-bond donors (Lipinski definition) is 1. The molecule has 0 aliphatic carbocycles. The van der Waals surface area contributed by atoms with Crippen molar-refractivity contribution in [3.8, 4) is 0 Å². The zero-order valence-electron chi connectivity index (χ0n) is 12.5. The van der Waals surface area contributed by atoms with E-state index in [1.807, 2.05) is 0 Å². The highest BCUT2D eigenvalue weighted by Gasteiger charge is 2.19. The first-order chi connectivity index (χ1) is 9.19. The molecule has 0 amide bonds. The van der Waals surface area contributed by atoms with E-state index in [-0.39, 0.29) is 0 Å². The van der Waals surface area contributed by atoms with Crippen LogP contribution in [0.5, 0.6) is 0 Å². The van der Waals surface area contributed by atoms with Crippen LogP contribution in [0.15, 0.2) is 24.3 Å². The SMILES string of the molecule is CCCNC(C)C(C)n1c(CC)nc2ccccc21. The average molecular weight is 259 g/mol. The van der Waals surface area contributed by atoms with Gasteiger partial charge in [0.05, 0.1) is 11.0 Å². The molecule has 0 bridgehead atoms. The van der Waals surface area contributed by atoms with Crippen LogP contribution in [0.4, 0.5) is 0 Å². The second kappa shape index (κ2) is 6.20. The van der Waals surface area contributed by atoms with Crippen LogP contribution >= 0.6 is 0 Å². The summed E-state index contributed by atoms with van der Waals surface area (Å²) in [6, 6.07) is 9.28. The lowest BCUT2D eigenvalue weighted by molar-refractivity contribution is 0.392. The lowest BCUT2D eigenvalue weighted by Crippen LogP contribution is -2.34. The molecule has 1 heterocycles. The summed E-state index contributed by atoms with van der Waals surface area (Å²) in [5.41, 5.74) is 2.35. The maximum Gasteiger partial charge on any atom is 0.109 e. The number of benzene rings is 1. The Morgan fingerprint density at radius 2 is 1.95 bits per heavy atom. The monoisotopic (exact) mass is 259 g/mol. The van der Waals surface area contributed by atoms with Crippen molar-refractivity contribution in [1.82, 2.24) is 14.9 Å². The van der Waals surface area contributed by atoms with Gasteiger partial charge in [0.2, 0.25) is 0 Å². The number of nitrogens with zero attached hydrogens (tertiary/aromatic N) is 2. The zero-order valence-corrected chi connectivity index (χ0v) is 12.5. The van der Waals surface area contributed by atoms with Gasteiger partial charge >= 0.3 is 0 Å². The molecule has 1 aromatic heterocycles. The van der Waals surface area contributed by atoms with Gasteiger partial charge in [-0.05, 0) is 38.9 Å². The van der Waals surface area contributed by atoms with Gasteiger partial charge < -0.3 is 9.88 Å². The van der Waals surface area contributed by atoms with Gasteiger partial charge in [0, 0.05) is 18.5 Å². The molecule has 0 saturated carbocycles. The van der Waals surface area contributed by atoms with Crippen LogP contribution in [0.2, 0.25) is 0 Å². The molecule has 0 fully saturated rings. The van der Waals surface area contributed by atoms with Crippen molar-refractivity contribution >= 4 is 11.0 Å². The van der Waals surface area contributed by atoms with Crippen LogP contribution < -0.4 is 5.32 Å². The van der Waals surface area contributed by atoms with E-state index in [4.69, 9.17) is 4.98 Å². The summed E-state index contributed by atoms with van der Waals surface area (Å²) >= 11 is 0. The minimum Gasteiger partial charge on any atom is -0.324 e. The number of fused-ring (bicyclic) bond motifs is 1. The minimum absolute atomic E-state index is 0.411. The van der Waals surface area contributed by atoms with E-state index in [1.54, 1.807) is 0 Å². The predicted octanol–water partition coefficient (Wildman–Crippen LogP) is 3.55. The van der Waals surface area contributed by atoms with Gasteiger partial charge in [-0.2, -0.15) is 0 Å². The Hall–Kier alpha value is -1.35. The van der Waals surface area contributed by atoms with Crippen molar-refractivity contribution in [2.75, 3.05) is 6.54 Å². The molecule has 2 unspecified atom stereocenters. The topological polar surface area (TPSA) is 29.9 Å². The van der Waals surface area contributed by atoms with Gasteiger partial charge in [-0.25, -0.2) is 4.98 Å². The van der Waals surface area contributed by atoms with E-state index in [2.05, 4.69) is 61.8 Å². The molecule has 2 aromatic rings. The van der Waals surface area contributed by atoms with Crippen LogP contribution in [0.3, 0.4) is 0 Å². The number of hydrogen-bond acceptors (Lipinski definition) is 2. The first-order valence-electron chi connectivity index (χ1n) is 7.38. The van der Waals surface area contributed by atoms with Crippen molar-refractivity contribution < 1.29 is 0 Å². The van der Waals surface area contributed by atoms with Gasteiger partial charge in [0.15, 0.2) is 0 Å². The highest BCUT2D eigenvalue weighted by atomic mass is 15.1. The smallest absolute Gasteiger partial charge is 0.109 e. The number of imidazole rings is 1. The van der Waals surface area contributed by atoms with E-state index >= 15 is 0 Å². The largest absolute Gasteiger partial charge is 0.324 e. The van der Waals surface area contributed by atoms with Gasteiger partial charge in [-0.1, -0.05) is 26.0 Å². The number of nitrogens with one attached hydrogen (secondary N) is 1. The van der Waals surface area contributed by atoms with Crippen molar-refractivity contribution in [1.29, 1.82) is 0 Å². The van der Waals surface area contributed by atoms with Crippen molar-refractivity contribution in [3.05, 3.63) is 30.1 Å². The number of rotatable bonds is 6. The first-order valence-corrected chi connectivity index (χ1v) is 7.38. The van der Waals surface area contributed by atoms with Gasteiger partial charge in [-0.15, -0.1) is 0 Å². The fourth-order valence-electron chi connectivity index (χ4n) is 2.56. The molecule has 3 nitrogen and oxygen atoms in total. The molecule has 1 aromatic carbocycles. The highest BCUT2D eigenvalue weighted by molar-refractivity contribution is 5.76. The van der Waals surface area contributed by atoms with Gasteiger partial charge in [0.25, 0.3) is 0 Å². The normalized spacial score (nSPS) is 14.7. The maximum atomic E-state index is 4.75. The van der Waals surface area contributed by atoms with E-state index in [9.17, 15) is 0 Å². The molecule has 104 valence electrons. The molecule has 0 aliphatic heterocycles.